The van der Waals surface area contributed by atoms with E-state index in [1.807, 2.05) is 0 Å². The Labute approximate surface area is 190 Å². The van der Waals surface area contributed by atoms with Crippen LogP contribution in [-0.2, 0) is 19.6 Å². The summed E-state index contributed by atoms with van der Waals surface area (Å²) in [5.74, 6) is -1.00. The maximum Gasteiger partial charge on any atom is 0.325 e. The highest BCUT2D eigenvalue weighted by Crippen LogP contribution is 2.27. The van der Waals surface area contributed by atoms with E-state index in [2.05, 4.69) is 17.6 Å². The Balaban J connectivity index is 2.15. The van der Waals surface area contributed by atoms with E-state index in [4.69, 9.17) is 0 Å². The highest BCUT2D eigenvalue weighted by molar-refractivity contribution is 7.89. The molecule has 1 aliphatic heterocycles. The molecule has 1 saturated heterocycles. The van der Waals surface area contributed by atoms with E-state index in [0.29, 0.717) is 23.2 Å². The van der Waals surface area contributed by atoms with E-state index in [0.717, 1.165) is 34.9 Å². The average molecular weight is 467 g/mol. The second-order valence-electron chi connectivity index (χ2n) is 8.71. The highest BCUT2D eigenvalue weighted by Gasteiger charge is 2.47. The van der Waals surface area contributed by atoms with E-state index < -0.39 is 40.0 Å². The summed E-state index contributed by atoms with van der Waals surface area (Å²) >= 11 is 0. The van der Waals surface area contributed by atoms with Gasteiger partial charge in [-0.2, -0.15) is 0 Å². The molecule has 0 aliphatic carbocycles. The van der Waals surface area contributed by atoms with Gasteiger partial charge in [0.25, 0.3) is 5.91 Å². The first-order chi connectivity index (χ1) is 14.8. The number of benzene rings is 1. The minimum atomic E-state index is -3.69. The Bertz CT molecular complexity index is 1010. The first-order valence-electron chi connectivity index (χ1n) is 10.8. The number of aryl methyl sites for hydroxylation is 1. The second-order valence-corrected chi connectivity index (χ2v) is 10.9. The van der Waals surface area contributed by atoms with Gasteiger partial charge < -0.3 is 10.6 Å². The molecule has 2 N–H and O–H groups in total. The van der Waals surface area contributed by atoms with Crippen LogP contribution in [0.1, 0.15) is 57.1 Å². The molecule has 1 heterocycles. The van der Waals surface area contributed by atoms with E-state index in [1.165, 1.54) is 20.2 Å². The molecule has 32 heavy (non-hydrogen) atoms. The van der Waals surface area contributed by atoms with E-state index in [1.54, 1.807) is 26.8 Å². The summed E-state index contributed by atoms with van der Waals surface area (Å²) in [5.41, 5.74) is 0.703. The topological polar surface area (TPSA) is 116 Å². The lowest BCUT2D eigenvalue weighted by Crippen LogP contribution is -2.44. The summed E-state index contributed by atoms with van der Waals surface area (Å²) in [6.07, 6.45) is 4.42. The molecule has 1 fully saturated rings. The Hall–Kier alpha value is -2.46. The van der Waals surface area contributed by atoms with Crippen LogP contribution in [0.5, 0.6) is 0 Å². The number of hydrogen-bond acceptors (Lipinski definition) is 5. The number of amides is 4. The fourth-order valence-corrected chi connectivity index (χ4v) is 4.63. The van der Waals surface area contributed by atoms with E-state index in [-0.39, 0.29) is 4.90 Å². The predicted molar refractivity (Wildman–Crippen MR) is 123 cm³/mol. The largest absolute Gasteiger partial charge is 0.325 e. The molecule has 0 spiro atoms. The van der Waals surface area contributed by atoms with Crippen molar-refractivity contribution in [1.82, 2.24) is 14.5 Å². The maximum absolute atomic E-state index is 12.8. The molecule has 1 atom stereocenters. The van der Waals surface area contributed by atoms with Crippen LogP contribution in [0.3, 0.4) is 0 Å². The van der Waals surface area contributed by atoms with Crippen molar-refractivity contribution in [3.63, 3.8) is 0 Å². The van der Waals surface area contributed by atoms with Crippen molar-refractivity contribution in [2.24, 2.45) is 0 Å². The van der Waals surface area contributed by atoms with Crippen molar-refractivity contribution in [1.29, 1.82) is 0 Å². The number of unbranched alkanes of at least 4 members (excludes halogenated alkanes) is 3. The van der Waals surface area contributed by atoms with Crippen molar-refractivity contribution < 1.29 is 22.8 Å². The lowest BCUT2D eigenvalue weighted by atomic mass is 9.94. The Morgan fingerprint density at radius 2 is 1.81 bits per heavy atom. The Kier molecular flexibility index (Phi) is 8.06. The molecule has 1 unspecified atom stereocenters. The van der Waals surface area contributed by atoms with Crippen LogP contribution in [-0.4, -0.2) is 61.6 Å². The molecular formula is C22H34N4O5S. The van der Waals surface area contributed by atoms with Crippen LogP contribution in [0.2, 0.25) is 0 Å². The molecule has 10 heteroatoms. The first kappa shape index (κ1) is 25.8. The minimum absolute atomic E-state index is 0.0514. The van der Waals surface area contributed by atoms with Crippen molar-refractivity contribution in [3.05, 3.63) is 23.3 Å². The van der Waals surface area contributed by atoms with Crippen molar-refractivity contribution >= 4 is 33.6 Å². The maximum atomic E-state index is 12.8. The van der Waals surface area contributed by atoms with Crippen LogP contribution in [0.4, 0.5) is 10.5 Å². The molecule has 178 valence electrons. The summed E-state index contributed by atoms with van der Waals surface area (Å²) in [5, 5.41) is 5.37. The van der Waals surface area contributed by atoms with Gasteiger partial charge in [-0.3, -0.25) is 14.5 Å². The van der Waals surface area contributed by atoms with Crippen LogP contribution < -0.4 is 10.6 Å². The molecule has 0 aromatic heterocycles. The van der Waals surface area contributed by atoms with Gasteiger partial charge in [0.2, 0.25) is 15.9 Å². The lowest BCUT2D eigenvalue weighted by Gasteiger charge is -2.21. The molecule has 1 aliphatic rings. The normalized spacial score (nSPS) is 18.9. The van der Waals surface area contributed by atoms with Crippen LogP contribution >= 0.6 is 0 Å². The number of carbonyl (C=O) groups excluding carboxylic acids is 3. The first-order valence-corrected chi connectivity index (χ1v) is 12.2. The van der Waals surface area contributed by atoms with Crippen LogP contribution in [0, 0.1) is 13.8 Å². The molecule has 4 amide bonds. The van der Waals surface area contributed by atoms with Gasteiger partial charge in [-0.25, -0.2) is 17.5 Å². The molecule has 0 radical (unpaired) electrons. The molecular weight excluding hydrogens is 432 g/mol. The molecule has 1 aromatic carbocycles. The van der Waals surface area contributed by atoms with Crippen molar-refractivity contribution in [2.75, 3.05) is 26.0 Å². The van der Waals surface area contributed by atoms with Gasteiger partial charge in [-0.1, -0.05) is 32.6 Å². The number of nitrogens with one attached hydrogen (secondary N) is 2. The minimum Gasteiger partial charge on any atom is -0.324 e. The fraction of sp³-hybridized carbons (Fsp3) is 0.591. The van der Waals surface area contributed by atoms with Gasteiger partial charge in [0.1, 0.15) is 12.1 Å². The molecule has 9 nitrogen and oxygen atoms in total. The number of nitrogens with zero attached hydrogens (tertiary/aromatic N) is 2. The molecule has 2 rings (SSSR count). The quantitative estimate of drug-likeness (QED) is 0.406. The van der Waals surface area contributed by atoms with E-state index in [9.17, 15) is 22.8 Å². The number of rotatable bonds is 10. The number of carbonyl (C=O) groups is 3. The standard InChI is InChI=1S/C22H34N4O5S/c1-7-8-9-10-11-22(4)20(28)26(21(29)24-22)14-19(27)23-18-13-17(12-15(2)16(18)3)32(30,31)25(5)6/h12-13H,7-11,14H2,1-6H3,(H,23,27)(H,24,29). The van der Waals surface area contributed by atoms with Gasteiger partial charge in [0, 0.05) is 19.8 Å². The number of sulfonamides is 1. The lowest BCUT2D eigenvalue weighted by molar-refractivity contribution is -0.133. The second kappa shape index (κ2) is 9.99. The smallest absolute Gasteiger partial charge is 0.324 e. The summed E-state index contributed by atoms with van der Waals surface area (Å²) < 4.78 is 26.1. The summed E-state index contributed by atoms with van der Waals surface area (Å²) in [6.45, 7) is 6.84. The summed E-state index contributed by atoms with van der Waals surface area (Å²) in [4.78, 5) is 38.9. The third kappa shape index (κ3) is 5.47. The molecule has 0 bridgehead atoms. The number of urea groups is 1. The zero-order valence-corrected chi connectivity index (χ0v) is 20.6. The number of anilines is 1. The monoisotopic (exact) mass is 466 g/mol. The van der Waals surface area contributed by atoms with Crippen molar-refractivity contribution in [3.8, 4) is 0 Å². The average Bonchev–Trinajstić information content (AvgIpc) is 2.91. The van der Waals surface area contributed by atoms with Gasteiger partial charge in [0.15, 0.2) is 0 Å². The summed E-state index contributed by atoms with van der Waals surface area (Å²) in [7, 11) is -0.829. The van der Waals surface area contributed by atoms with E-state index >= 15 is 0 Å². The van der Waals surface area contributed by atoms with Gasteiger partial charge in [-0.15, -0.1) is 0 Å². The van der Waals surface area contributed by atoms with Gasteiger partial charge >= 0.3 is 6.03 Å². The zero-order chi connectivity index (χ0) is 24.3. The van der Waals surface area contributed by atoms with Crippen LogP contribution in [0.25, 0.3) is 0 Å². The van der Waals surface area contributed by atoms with Gasteiger partial charge in [-0.05, 0) is 50.5 Å². The Morgan fingerprint density at radius 1 is 1.16 bits per heavy atom. The number of hydrogen-bond donors (Lipinski definition) is 2. The molecule has 0 saturated carbocycles. The third-order valence-corrected chi connectivity index (χ3v) is 7.66. The SMILES string of the molecule is CCCCCCC1(C)NC(=O)N(CC(=O)Nc2cc(S(=O)(=O)N(C)C)cc(C)c2C)C1=O. The van der Waals surface area contributed by atoms with Crippen LogP contribution in [0.15, 0.2) is 17.0 Å². The highest BCUT2D eigenvalue weighted by atomic mass is 32.2. The van der Waals surface area contributed by atoms with Crippen molar-refractivity contribution in [2.45, 2.75) is 70.2 Å². The van der Waals surface area contributed by atoms with Gasteiger partial charge in [0.05, 0.1) is 4.90 Å². The Morgan fingerprint density at radius 3 is 2.41 bits per heavy atom. The zero-order valence-electron chi connectivity index (χ0n) is 19.7. The number of imide groups is 1. The summed E-state index contributed by atoms with van der Waals surface area (Å²) in [6, 6.07) is 2.33. The molecule has 1 aromatic rings. The predicted octanol–water partition coefficient (Wildman–Crippen LogP) is 2.77. The fourth-order valence-electron chi connectivity index (χ4n) is 3.61. The third-order valence-electron chi connectivity index (χ3n) is 5.87.